The summed E-state index contributed by atoms with van der Waals surface area (Å²) in [5.41, 5.74) is 12.0. The number of nitrogens with two attached hydrogens (primary N) is 2. The van der Waals surface area contributed by atoms with E-state index in [0.717, 1.165) is 42.1 Å². The molecule has 256 valence electrons. The summed E-state index contributed by atoms with van der Waals surface area (Å²) in [5.74, 6) is -3.87. The van der Waals surface area contributed by atoms with Crippen molar-refractivity contribution in [1.82, 2.24) is 29.6 Å². The molecule has 0 saturated carbocycles. The monoisotopic (exact) mass is 704 g/mol. The first-order valence-corrected chi connectivity index (χ1v) is 16.8. The van der Waals surface area contributed by atoms with Crippen LogP contribution in [0.25, 0.3) is 0 Å². The standard InChI is InChI=1S/C27H32N10O9S2/c28-24(33-16-5-7-30-8-6-16)15-1-3-17(4-2-15)45-13-22(26(40)41)46-35-23(19-14-47-27(29)34-19)21(38)11-18-20(12-36-31-9-10-32-36)37(25(18)39)48(42,43)44/h1-4,9-10,14,16,18,20,22,30H,5-8,11-13H2,(H2,28,33)(H2,29,34)(H,40,41)(H,42,43,44)/b35-23-/t18-,20+,22-/m0/s1. The van der Waals surface area contributed by atoms with E-state index in [9.17, 15) is 32.5 Å². The summed E-state index contributed by atoms with van der Waals surface area (Å²) in [6, 6.07) is 5.49. The van der Waals surface area contributed by atoms with Crippen molar-refractivity contribution in [2.75, 3.05) is 25.4 Å². The van der Waals surface area contributed by atoms with Crippen molar-refractivity contribution in [3.05, 3.63) is 53.3 Å². The topological polar surface area (TPSA) is 280 Å². The van der Waals surface area contributed by atoms with Gasteiger partial charge in [0.15, 0.2) is 16.6 Å². The van der Waals surface area contributed by atoms with Gasteiger partial charge >= 0.3 is 16.3 Å². The lowest BCUT2D eigenvalue weighted by atomic mass is 9.84. The Kier molecular flexibility index (Phi) is 10.6. The minimum Gasteiger partial charge on any atom is -0.489 e. The van der Waals surface area contributed by atoms with E-state index in [2.05, 4.69) is 30.6 Å². The van der Waals surface area contributed by atoms with Gasteiger partial charge in [-0.05, 0) is 50.2 Å². The quantitative estimate of drug-likeness (QED) is 0.0431. The number of aromatic nitrogens is 4. The second-order valence-electron chi connectivity index (χ2n) is 10.8. The number of nitrogen functional groups attached to an aromatic ring is 1. The number of carboxylic acid groups (broad SMARTS) is 1. The molecule has 21 heteroatoms. The van der Waals surface area contributed by atoms with Gasteiger partial charge < -0.3 is 31.5 Å². The number of aliphatic carboxylic acids is 1. The van der Waals surface area contributed by atoms with E-state index in [0.29, 0.717) is 17.1 Å². The third kappa shape index (κ3) is 8.29. The van der Waals surface area contributed by atoms with Gasteiger partial charge in [0.2, 0.25) is 5.91 Å². The van der Waals surface area contributed by atoms with Crippen LogP contribution < -0.4 is 21.5 Å². The lowest BCUT2D eigenvalue weighted by molar-refractivity contribution is -0.152. The highest BCUT2D eigenvalue weighted by Gasteiger charge is 2.54. The van der Waals surface area contributed by atoms with E-state index in [1.165, 1.54) is 17.8 Å². The average molecular weight is 705 g/mol. The predicted octanol–water partition coefficient (Wildman–Crippen LogP) is -0.684. The Bertz CT molecular complexity index is 1790. The maximum atomic E-state index is 13.5. The number of ketones is 1. The second-order valence-corrected chi connectivity index (χ2v) is 12.9. The fourth-order valence-corrected chi connectivity index (χ4v) is 6.55. The van der Waals surface area contributed by atoms with Crippen molar-refractivity contribution in [3.63, 3.8) is 0 Å². The molecular weight excluding hydrogens is 672 g/mol. The van der Waals surface area contributed by atoms with E-state index < -0.39 is 64.8 Å². The molecule has 4 heterocycles. The molecule has 2 aliphatic rings. The van der Waals surface area contributed by atoms with Crippen molar-refractivity contribution in [1.29, 1.82) is 0 Å². The lowest BCUT2D eigenvalue weighted by Gasteiger charge is -2.43. The highest BCUT2D eigenvalue weighted by molar-refractivity contribution is 7.84. The number of hydrogen-bond acceptors (Lipinski definition) is 15. The zero-order chi connectivity index (χ0) is 34.4. The number of carboxylic acids is 1. The predicted molar refractivity (Wildman–Crippen MR) is 169 cm³/mol. The van der Waals surface area contributed by atoms with Gasteiger partial charge in [-0.3, -0.25) is 19.1 Å². The molecular formula is C27H32N10O9S2. The molecule has 2 fully saturated rings. The molecule has 7 N–H and O–H groups in total. The number of ether oxygens (including phenoxy) is 1. The van der Waals surface area contributed by atoms with Crippen LogP contribution in [-0.2, 0) is 36.1 Å². The Morgan fingerprint density at radius 1 is 1.17 bits per heavy atom. The maximum Gasteiger partial charge on any atom is 0.362 e. The third-order valence-electron chi connectivity index (χ3n) is 7.53. The molecule has 0 aliphatic carbocycles. The van der Waals surface area contributed by atoms with Crippen LogP contribution in [0.5, 0.6) is 5.75 Å². The molecule has 1 aromatic carbocycles. The van der Waals surface area contributed by atoms with Gasteiger partial charge in [-0.2, -0.15) is 23.4 Å². The molecule has 3 aromatic rings. The maximum absolute atomic E-state index is 13.5. The molecule has 5 rings (SSSR count). The number of hydrogen-bond donors (Lipinski definition) is 5. The first kappa shape index (κ1) is 34.3. The number of thiazole rings is 1. The van der Waals surface area contributed by atoms with E-state index in [1.807, 2.05) is 0 Å². The molecule has 0 unspecified atom stereocenters. The number of anilines is 1. The van der Waals surface area contributed by atoms with Crippen LogP contribution in [0.3, 0.4) is 0 Å². The van der Waals surface area contributed by atoms with E-state index in [4.69, 9.17) is 21.0 Å². The average Bonchev–Trinajstić information content (AvgIpc) is 3.73. The summed E-state index contributed by atoms with van der Waals surface area (Å²) in [5, 5.41) is 26.0. The number of nitrogens with one attached hydrogen (secondary N) is 1. The molecule has 0 spiro atoms. The Hall–Kier alpha value is -4.99. The van der Waals surface area contributed by atoms with Crippen LogP contribution in [0.2, 0.25) is 0 Å². The van der Waals surface area contributed by atoms with Crippen LogP contribution in [0.1, 0.15) is 30.5 Å². The normalized spacial score (nSPS) is 19.9. The number of oxime groups is 1. The molecule has 0 radical (unpaired) electrons. The molecule has 2 aliphatic heterocycles. The third-order valence-corrected chi connectivity index (χ3v) is 9.15. The molecule has 19 nitrogen and oxygen atoms in total. The summed E-state index contributed by atoms with van der Waals surface area (Å²) in [6.45, 7) is 0.987. The first-order valence-electron chi connectivity index (χ1n) is 14.5. The van der Waals surface area contributed by atoms with Gasteiger partial charge in [-0.15, -0.1) is 11.3 Å². The number of nitrogens with zero attached hydrogens (tertiary/aromatic N) is 7. The minimum absolute atomic E-state index is 0.0596. The summed E-state index contributed by atoms with van der Waals surface area (Å²) in [6.07, 6.45) is 2.15. The van der Waals surface area contributed by atoms with Gasteiger partial charge in [0.1, 0.15) is 23.9 Å². The summed E-state index contributed by atoms with van der Waals surface area (Å²) < 4.78 is 39.1. The Morgan fingerprint density at radius 3 is 2.46 bits per heavy atom. The lowest BCUT2D eigenvalue weighted by Crippen LogP contribution is -2.64. The van der Waals surface area contributed by atoms with Gasteiger partial charge in [0.05, 0.1) is 36.9 Å². The first-order chi connectivity index (χ1) is 22.9. The largest absolute Gasteiger partial charge is 0.489 e. The smallest absolute Gasteiger partial charge is 0.362 e. The van der Waals surface area contributed by atoms with Gasteiger partial charge in [-0.1, -0.05) is 5.16 Å². The van der Waals surface area contributed by atoms with Crippen molar-refractivity contribution >= 4 is 56.0 Å². The molecule has 0 bridgehead atoms. The fourth-order valence-electron chi connectivity index (χ4n) is 5.08. The highest BCUT2D eigenvalue weighted by atomic mass is 32.2. The van der Waals surface area contributed by atoms with Gasteiger partial charge in [0.25, 0.3) is 6.10 Å². The number of piperidine rings is 1. The highest BCUT2D eigenvalue weighted by Crippen LogP contribution is 2.33. The van der Waals surface area contributed by atoms with Crippen LogP contribution in [0, 0.1) is 5.92 Å². The Labute approximate surface area is 277 Å². The van der Waals surface area contributed by atoms with Crippen LogP contribution in [0.15, 0.2) is 52.2 Å². The number of aliphatic imine (C=N–C) groups is 1. The summed E-state index contributed by atoms with van der Waals surface area (Å²) >= 11 is 0.967. The summed E-state index contributed by atoms with van der Waals surface area (Å²) in [4.78, 5) is 53.1. The zero-order valence-corrected chi connectivity index (χ0v) is 26.8. The second kappa shape index (κ2) is 14.8. The summed E-state index contributed by atoms with van der Waals surface area (Å²) in [7, 11) is -4.95. The molecule has 2 saturated heterocycles. The van der Waals surface area contributed by atoms with Crippen molar-refractivity contribution in [3.8, 4) is 5.75 Å². The van der Waals surface area contributed by atoms with Crippen molar-refractivity contribution in [2.24, 2.45) is 21.8 Å². The van der Waals surface area contributed by atoms with Crippen LogP contribution in [-0.4, -0.2) is 109 Å². The zero-order valence-electron chi connectivity index (χ0n) is 25.2. The van der Waals surface area contributed by atoms with Crippen LogP contribution >= 0.6 is 11.3 Å². The molecule has 1 amide bonds. The fraction of sp³-hybridized carbons (Fsp3) is 0.407. The van der Waals surface area contributed by atoms with Crippen LogP contribution in [0.4, 0.5) is 5.13 Å². The molecule has 2 aromatic heterocycles. The number of carbonyl (C=O) groups excluding carboxylic acids is 2. The SMILES string of the molecule is NC(=NC1CCNCC1)c1ccc(OC[C@H](O/N=C(\C(=O)C[C@@H]2C(=O)N(S(=O)(=O)O)[C@@H]2Cn2nccn2)c2csc(N)n2)C(=O)O)cc1. The van der Waals surface area contributed by atoms with Crippen molar-refractivity contribution < 1.29 is 42.0 Å². The Balaban J connectivity index is 1.27. The number of β-lactam (4-membered cyclic amide) rings is 1. The van der Waals surface area contributed by atoms with E-state index in [1.54, 1.807) is 24.3 Å². The number of benzene rings is 1. The number of carbonyl (C=O) groups is 3. The molecule has 3 atom stereocenters. The number of amidine groups is 1. The molecule has 48 heavy (non-hydrogen) atoms. The van der Waals surface area contributed by atoms with E-state index >= 15 is 0 Å². The number of amides is 1. The van der Waals surface area contributed by atoms with Gasteiger partial charge in [0, 0.05) is 17.4 Å². The number of rotatable bonds is 15. The Morgan fingerprint density at radius 2 is 1.85 bits per heavy atom. The number of Topliss-reactive ketones (excluding diaryl/α,β-unsaturated/α-hetero) is 1. The minimum atomic E-state index is -4.95. The van der Waals surface area contributed by atoms with E-state index in [-0.39, 0.29) is 27.7 Å². The van der Waals surface area contributed by atoms with Crippen molar-refractivity contribution in [2.45, 2.75) is 44.0 Å². The van der Waals surface area contributed by atoms with Gasteiger partial charge in [-0.25, -0.2) is 14.1 Å².